The summed E-state index contributed by atoms with van der Waals surface area (Å²) in [6.07, 6.45) is -0.367. The number of guanidine groups is 1. The molecular weight excluding hydrogens is 338 g/mol. The topological polar surface area (TPSA) is 77.5 Å². The Kier molecular flexibility index (Phi) is 3.53. The summed E-state index contributed by atoms with van der Waals surface area (Å²) in [6.45, 7) is 0. The number of hydrogen-bond acceptors (Lipinski definition) is 5. The Labute approximate surface area is 155 Å². The minimum absolute atomic E-state index is 0.331. The van der Waals surface area contributed by atoms with E-state index in [9.17, 15) is 0 Å². The lowest BCUT2D eigenvalue weighted by Crippen LogP contribution is -2.31. The summed E-state index contributed by atoms with van der Waals surface area (Å²) in [7, 11) is 0. The highest BCUT2D eigenvalue weighted by atomic mass is 16.5. The van der Waals surface area contributed by atoms with E-state index in [0.717, 1.165) is 28.1 Å². The number of benzene rings is 3. The first-order valence-electron chi connectivity index (χ1n) is 8.69. The van der Waals surface area contributed by atoms with Gasteiger partial charge in [0.05, 0.1) is 11.0 Å². The molecule has 0 bridgehead atoms. The zero-order valence-electron chi connectivity index (χ0n) is 14.4. The minimum Gasteiger partial charge on any atom is -0.457 e. The Hall–Kier alpha value is -3.80. The van der Waals surface area contributed by atoms with E-state index in [1.807, 2.05) is 83.4 Å². The molecule has 3 aromatic carbocycles. The molecule has 0 fully saturated rings. The summed E-state index contributed by atoms with van der Waals surface area (Å²) in [5.41, 5.74) is 8.83. The predicted octanol–water partition coefficient (Wildman–Crippen LogP) is 4.12. The number of ether oxygens (including phenoxy) is 1. The number of aromatic nitrogens is 2. The summed E-state index contributed by atoms with van der Waals surface area (Å²) in [6, 6.07) is 25.5. The standard InChI is InChI=1S/C21H17N5O/c22-20-24-19(26-17-12-6-5-11-16(17)23-21(26)25-20)15-10-4-7-13-18(15)27-14-8-2-1-3-9-14/h1-13,19H,(H3,22,23,24,25). The van der Waals surface area contributed by atoms with Crippen LogP contribution in [0.5, 0.6) is 11.5 Å². The van der Waals surface area contributed by atoms with Crippen LogP contribution < -0.4 is 15.8 Å². The van der Waals surface area contributed by atoms with Crippen LogP contribution in [0.1, 0.15) is 11.7 Å². The first-order chi connectivity index (χ1) is 13.3. The second-order valence-corrected chi connectivity index (χ2v) is 6.26. The van der Waals surface area contributed by atoms with Gasteiger partial charge in [0.25, 0.3) is 0 Å². The van der Waals surface area contributed by atoms with Gasteiger partial charge in [-0.3, -0.25) is 9.88 Å². The van der Waals surface area contributed by atoms with E-state index in [0.29, 0.717) is 11.9 Å². The van der Waals surface area contributed by atoms with Crippen molar-refractivity contribution in [1.82, 2.24) is 9.55 Å². The Morgan fingerprint density at radius 2 is 1.63 bits per heavy atom. The number of para-hydroxylation sites is 4. The highest BCUT2D eigenvalue weighted by Crippen LogP contribution is 2.37. The third-order valence-electron chi connectivity index (χ3n) is 4.51. The van der Waals surface area contributed by atoms with E-state index in [-0.39, 0.29) is 6.17 Å². The number of hydrogen-bond donors (Lipinski definition) is 2. The Morgan fingerprint density at radius 1 is 0.889 bits per heavy atom. The van der Waals surface area contributed by atoms with Gasteiger partial charge in [-0.2, -0.15) is 0 Å². The molecule has 27 heavy (non-hydrogen) atoms. The van der Waals surface area contributed by atoms with Crippen molar-refractivity contribution in [3.8, 4) is 11.5 Å². The number of nitrogens with one attached hydrogen (secondary N) is 1. The Balaban J connectivity index is 1.66. The molecule has 2 heterocycles. The van der Waals surface area contributed by atoms with Crippen LogP contribution in [0.15, 0.2) is 83.9 Å². The lowest BCUT2D eigenvalue weighted by Gasteiger charge is -2.25. The van der Waals surface area contributed by atoms with E-state index in [2.05, 4.69) is 15.3 Å². The Bertz CT molecular complexity index is 1150. The summed E-state index contributed by atoms with van der Waals surface area (Å²) < 4.78 is 8.18. The molecular formula is C21H17N5O. The molecule has 6 heteroatoms. The third-order valence-corrected chi connectivity index (χ3v) is 4.51. The molecule has 132 valence electrons. The number of nitrogens with zero attached hydrogens (tertiary/aromatic N) is 3. The van der Waals surface area contributed by atoms with Gasteiger partial charge in [-0.05, 0) is 30.3 Å². The van der Waals surface area contributed by atoms with Crippen LogP contribution in [0.4, 0.5) is 5.95 Å². The second-order valence-electron chi connectivity index (χ2n) is 6.26. The highest BCUT2D eigenvalue weighted by Gasteiger charge is 2.27. The van der Waals surface area contributed by atoms with Gasteiger partial charge < -0.3 is 10.5 Å². The van der Waals surface area contributed by atoms with Crippen molar-refractivity contribution in [1.29, 1.82) is 0 Å². The monoisotopic (exact) mass is 355 g/mol. The molecule has 0 saturated carbocycles. The molecule has 1 aliphatic heterocycles. The number of aliphatic imine (C=N–C) groups is 1. The molecule has 0 amide bonds. The van der Waals surface area contributed by atoms with Gasteiger partial charge in [0, 0.05) is 5.56 Å². The van der Waals surface area contributed by atoms with Crippen molar-refractivity contribution in [2.75, 3.05) is 5.32 Å². The van der Waals surface area contributed by atoms with Crippen LogP contribution in [-0.4, -0.2) is 15.5 Å². The van der Waals surface area contributed by atoms with Crippen molar-refractivity contribution < 1.29 is 4.74 Å². The van der Waals surface area contributed by atoms with E-state index < -0.39 is 0 Å². The minimum atomic E-state index is -0.367. The quantitative estimate of drug-likeness (QED) is 0.580. The lowest BCUT2D eigenvalue weighted by atomic mass is 10.1. The maximum atomic E-state index is 6.14. The summed E-state index contributed by atoms with van der Waals surface area (Å²) in [5, 5.41) is 3.06. The van der Waals surface area contributed by atoms with Crippen molar-refractivity contribution in [3.05, 3.63) is 84.4 Å². The predicted molar refractivity (Wildman–Crippen MR) is 106 cm³/mol. The van der Waals surface area contributed by atoms with Crippen LogP contribution in [0.2, 0.25) is 0 Å². The normalized spacial score (nSPS) is 15.7. The molecule has 4 aromatic rings. The summed E-state index contributed by atoms with van der Waals surface area (Å²) >= 11 is 0. The Morgan fingerprint density at radius 3 is 2.52 bits per heavy atom. The molecule has 3 N–H and O–H groups in total. The van der Waals surface area contributed by atoms with Crippen LogP contribution >= 0.6 is 0 Å². The second kappa shape index (κ2) is 6.17. The van der Waals surface area contributed by atoms with Crippen molar-refractivity contribution >= 4 is 22.9 Å². The zero-order chi connectivity index (χ0) is 18.2. The average Bonchev–Trinajstić information content (AvgIpc) is 3.07. The van der Waals surface area contributed by atoms with Gasteiger partial charge in [-0.25, -0.2) is 9.98 Å². The first kappa shape index (κ1) is 15.5. The fraction of sp³-hybridized carbons (Fsp3) is 0.0476. The van der Waals surface area contributed by atoms with Crippen molar-refractivity contribution in [2.24, 2.45) is 10.7 Å². The van der Waals surface area contributed by atoms with Crippen LogP contribution in [0, 0.1) is 0 Å². The maximum Gasteiger partial charge on any atom is 0.212 e. The SMILES string of the molecule is NC1=NC(c2ccccc2Oc2ccccc2)n2c(nc3ccccc32)N1. The zero-order valence-corrected chi connectivity index (χ0v) is 14.4. The van der Waals surface area contributed by atoms with Crippen molar-refractivity contribution in [2.45, 2.75) is 6.17 Å². The van der Waals surface area contributed by atoms with E-state index in [1.54, 1.807) is 0 Å². The van der Waals surface area contributed by atoms with Crippen LogP contribution in [-0.2, 0) is 0 Å². The van der Waals surface area contributed by atoms with Crippen molar-refractivity contribution in [3.63, 3.8) is 0 Å². The largest absolute Gasteiger partial charge is 0.457 e. The van der Waals surface area contributed by atoms with Gasteiger partial charge in [0.15, 0.2) is 12.1 Å². The molecule has 0 spiro atoms. The molecule has 5 rings (SSSR count). The molecule has 1 aromatic heterocycles. The third kappa shape index (κ3) is 2.67. The van der Waals surface area contributed by atoms with E-state index >= 15 is 0 Å². The van der Waals surface area contributed by atoms with Gasteiger partial charge in [-0.15, -0.1) is 0 Å². The van der Waals surface area contributed by atoms with Gasteiger partial charge in [0.2, 0.25) is 5.95 Å². The molecule has 0 radical (unpaired) electrons. The fourth-order valence-corrected chi connectivity index (χ4v) is 3.33. The van der Waals surface area contributed by atoms with E-state index in [1.165, 1.54) is 0 Å². The maximum absolute atomic E-state index is 6.14. The van der Waals surface area contributed by atoms with Gasteiger partial charge in [0.1, 0.15) is 11.5 Å². The molecule has 0 aliphatic carbocycles. The number of nitrogens with two attached hydrogens (primary N) is 1. The highest BCUT2D eigenvalue weighted by molar-refractivity contribution is 5.94. The molecule has 1 aliphatic rings. The van der Waals surface area contributed by atoms with Crippen LogP contribution in [0.25, 0.3) is 11.0 Å². The molecule has 1 atom stereocenters. The average molecular weight is 355 g/mol. The lowest BCUT2D eigenvalue weighted by molar-refractivity contribution is 0.464. The first-order valence-corrected chi connectivity index (χ1v) is 8.69. The number of anilines is 1. The van der Waals surface area contributed by atoms with Gasteiger partial charge >= 0.3 is 0 Å². The molecule has 6 nitrogen and oxygen atoms in total. The number of fused-ring (bicyclic) bond motifs is 3. The fourth-order valence-electron chi connectivity index (χ4n) is 3.33. The summed E-state index contributed by atoms with van der Waals surface area (Å²) in [5.74, 6) is 2.50. The van der Waals surface area contributed by atoms with Crippen LogP contribution in [0.3, 0.4) is 0 Å². The number of imidazole rings is 1. The van der Waals surface area contributed by atoms with Gasteiger partial charge in [-0.1, -0.05) is 48.5 Å². The smallest absolute Gasteiger partial charge is 0.212 e. The molecule has 0 saturated heterocycles. The van der Waals surface area contributed by atoms with E-state index in [4.69, 9.17) is 10.5 Å². The molecule has 1 unspecified atom stereocenters. The number of rotatable bonds is 3. The summed E-state index contributed by atoms with van der Waals surface area (Å²) in [4.78, 5) is 9.29.